The van der Waals surface area contributed by atoms with Gasteiger partial charge in [-0.15, -0.1) is 11.3 Å². The van der Waals surface area contributed by atoms with Crippen LogP contribution in [0.15, 0.2) is 48.5 Å². The van der Waals surface area contributed by atoms with E-state index in [4.69, 9.17) is 16.3 Å². The molecule has 0 amide bonds. The van der Waals surface area contributed by atoms with E-state index in [-0.39, 0.29) is 17.4 Å². The maximum absolute atomic E-state index is 13.3. The van der Waals surface area contributed by atoms with Crippen molar-refractivity contribution in [2.24, 2.45) is 0 Å². The summed E-state index contributed by atoms with van der Waals surface area (Å²) in [5, 5.41) is 10.2. The molecule has 4 nitrogen and oxygen atoms in total. The molecule has 0 aliphatic heterocycles. The van der Waals surface area contributed by atoms with Crippen LogP contribution in [0.2, 0.25) is 5.02 Å². The van der Waals surface area contributed by atoms with E-state index in [9.17, 15) is 14.3 Å². The van der Waals surface area contributed by atoms with Crippen molar-refractivity contribution in [2.45, 2.75) is 6.61 Å². The molecule has 7 heteroatoms. The van der Waals surface area contributed by atoms with E-state index in [0.29, 0.717) is 15.6 Å². The second-order valence-corrected chi connectivity index (χ2v) is 6.26. The van der Waals surface area contributed by atoms with Crippen molar-refractivity contribution in [3.8, 4) is 16.5 Å². The molecule has 122 valence electrons. The summed E-state index contributed by atoms with van der Waals surface area (Å²) >= 11 is 6.99. The molecule has 3 rings (SSSR count). The first-order valence-electron chi connectivity index (χ1n) is 6.91. The standard InChI is InChI=1S/C17H11ClFNO3S/c18-13-7-2-1-4-11(13)9-23-15-14(17(21)22)24-16(20-15)10-5-3-6-12(19)8-10/h1-8H,9H2,(H,21,22). The number of halogens is 2. The molecule has 3 aromatic rings. The van der Waals surface area contributed by atoms with Crippen LogP contribution in [0, 0.1) is 5.82 Å². The molecule has 0 bridgehead atoms. The van der Waals surface area contributed by atoms with Gasteiger partial charge < -0.3 is 9.84 Å². The summed E-state index contributed by atoms with van der Waals surface area (Å²) in [5.74, 6) is -1.57. The third-order valence-corrected chi connectivity index (χ3v) is 4.63. The molecular formula is C17H11ClFNO3S. The summed E-state index contributed by atoms with van der Waals surface area (Å²) in [7, 11) is 0. The first-order valence-corrected chi connectivity index (χ1v) is 8.10. The Labute approximate surface area is 146 Å². The fourth-order valence-electron chi connectivity index (χ4n) is 2.05. The van der Waals surface area contributed by atoms with Crippen molar-refractivity contribution >= 4 is 28.9 Å². The van der Waals surface area contributed by atoms with E-state index >= 15 is 0 Å². The van der Waals surface area contributed by atoms with Crippen molar-refractivity contribution < 1.29 is 19.0 Å². The number of hydrogen-bond donors (Lipinski definition) is 1. The number of benzene rings is 2. The maximum Gasteiger partial charge on any atom is 0.351 e. The number of ether oxygens (including phenoxy) is 1. The molecule has 1 N–H and O–H groups in total. The van der Waals surface area contributed by atoms with E-state index in [0.717, 1.165) is 16.9 Å². The first-order chi connectivity index (χ1) is 11.5. The van der Waals surface area contributed by atoms with Crippen LogP contribution in [0.3, 0.4) is 0 Å². The van der Waals surface area contributed by atoms with Crippen LogP contribution in [-0.2, 0) is 6.61 Å². The van der Waals surface area contributed by atoms with Gasteiger partial charge in [0.15, 0.2) is 4.88 Å². The number of hydrogen-bond acceptors (Lipinski definition) is 4. The number of nitrogens with zero attached hydrogens (tertiary/aromatic N) is 1. The van der Waals surface area contributed by atoms with Crippen LogP contribution in [0.5, 0.6) is 5.88 Å². The molecule has 2 aromatic carbocycles. The van der Waals surface area contributed by atoms with Crippen LogP contribution in [-0.4, -0.2) is 16.1 Å². The smallest absolute Gasteiger partial charge is 0.351 e. The summed E-state index contributed by atoms with van der Waals surface area (Å²) in [5.41, 5.74) is 1.21. The fourth-order valence-corrected chi connectivity index (χ4v) is 3.08. The van der Waals surface area contributed by atoms with Gasteiger partial charge in [-0.25, -0.2) is 14.2 Å². The topological polar surface area (TPSA) is 59.4 Å². The maximum atomic E-state index is 13.3. The Kier molecular flexibility index (Phi) is 4.78. The predicted octanol–water partition coefficient (Wildman–Crippen LogP) is 4.88. The molecule has 1 aromatic heterocycles. The van der Waals surface area contributed by atoms with E-state index in [2.05, 4.69) is 4.98 Å². The predicted molar refractivity (Wildman–Crippen MR) is 90.3 cm³/mol. The summed E-state index contributed by atoms with van der Waals surface area (Å²) in [6.07, 6.45) is 0. The zero-order chi connectivity index (χ0) is 17.1. The highest BCUT2D eigenvalue weighted by Crippen LogP contribution is 2.33. The molecule has 0 saturated heterocycles. The summed E-state index contributed by atoms with van der Waals surface area (Å²) < 4.78 is 18.9. The van der Waals surface area contributed by atoms with E-state index in [1.54, 1.807) is 24.3 Å². The number of rotatable bonds is 5. The first kappa shape index (κ1) is 16.4. The highest BCUT2D eigenvalue weighted by molar-refractivity contribution is 7.17. The van der Waals surface area contributed by atoms with Gasteiger partial charge in [0.25, 0.3) is 0 Å². The van der Waals surface area contributed by atoms with Crippen molar-refractivity contribution in [1.82, 2.24) is 4.98 Å². The Morgan fingerprint density at radius 3 is 2.75 bits per heavy atom. The molecule has 0 atom stereocenters. The number of carboxylic acid groups (broad SMARTS) is 1. The van der Waals surface area contributed by atoms with Gasteiger partial charge in [0.1, 0.15) is 17.4 Å². The summed E-state index contributed by atoms with van der Waals surface area (Å²) in [6.45, 7) is 0.0896. The second kappa shape index (κ2) is 6.98. The Morgan fingerprint density at radius 1 is 1.25 bits per heavy atom. The van der Waals surface area contributed by atoms with Gasteiger partial charge in [0, 0.05) is 16.1 Å². The quantitative estimate of drug-likeness (QED) is 0.701. The van der Waals surface area contributed by atoms with Gasteiger partial charge in [-0.3, -0.25) is 0 Å². The molecular weight excluding hydrogens is 353 g/mol. The zero-order valence-electron chi connectivity index (χ0n) is 12.2. The lowest BCUT2D eigenvalue weighted by molar-refractivity contribution is 0.0697. The molecule has 0 spiro atoms. The lowest BCUT2D eigenvalue weighted by atomic mass is 10.2. The largest absolute Gasteiger partial charge is 0.477 e. The molecule has 0 radical (unpaired) electrons. The van der Waals surface area contributed by atoms with Crippen LogP contribution in [0.25, 0.3) is 10.6 Å². The minimum absolute atomic E-state index is 0.00770. The molecule has 24 heavy (non-hydrogen) atoms. The van der Waals surface area contributed by atoms with E-state index in [1.807, 2.05) is 6.07 Å². The van der Waals surface area contributed by atoms with Gasteiger partial charge in [-0.2, -0.15) is 0 Å². The van der Waals surface area contributed by atoms with Gasteiger partial charge in [0.2, 0.25) is 5.88 Å². The Bertz CT molecular complexity index is 897. The van der Waals surface area contributed by atoms with E-state index < -0.39 is 11.8 Å². The average Bonchev–Trinajstić information content (AvgIpc) is 2.99. The minimum Gasteiger partial charge on any atom is -0.477 e. The Hall–Kier alpha value is -2.44. The van der Waals surface area contributed by atoms with Crippen molar-refractivity contribution in [2.75, 3.05) is 0 Å². The van der Waals surface area contributed by atoms with Crippen molar-refractivity contribution in [3.05, 3.63) is 69.8 Å². The molecule has 1 heterocycles. The Balaban J connectivity index is 1.90. The van der Waals surface area contributed by atoms with E-state index in [1.165, 1.54) is 18.2 Å². The van der Waals surface area contributed by atoms with Gasteiger partial charge >= 0.3 is 5.97 Å². The van der Waals surface area contributed by atoms with Crippen molar-refractivity contribution in [3.63, 3.8) is 0 Å². The molecule has 0 aliphatic carbocycles. The Morgan fingerprint density at radius 2 is 2.04 bits per heavy atom. The lowest BCUT2D eigenvalue weighted by Crippen LogP contribution is -2.01. The average molecular weight is 364 g/mol. The lowest BCUT2D eigenvalue weighted by Gasteiger charge is -2.05. The monoisotopic (exact) mass is 363 g/mol. The summed E-state index contributed by atoms with van der Waals surface area (Å²) in [6, 6.07) is 12.9. The van der Waals surface area contributed by atoms with Gasteiger partial charge in [0.05, 0.1) is 0 Å². The van der Waals surface area contributed by atoms with Gasteiger partial charge in [-0.1, -0.05) is 41.9 Å². The molecule has 0 aliphatic rings. The highest BCUT2D eigenvalue weighted by Gasteiger charge is 2.20. The number of thiazole rings is 1. The summed E-state index contributed by atoms with van der Waals surface area (Å²) in [4.78, 5) is 15.6. The van der Waals surface area contributed by atoms with Crippen LogP contribution in [0.1, 0.15) is 15.2 Å². The zero-order valence-corrected chi connectivity index (χ0v) is 13.8. The van der Waals surface area contributed by atoms with Crippen LogP contribution in [0.4, 0.5) is 4.39 Å². The third kappa shape index (κ3) is 3.55. The van der Waals surface area contributed by atoms with Crippen LogP contribution < -0.4 is 4.74 Å². The molecule has 0 saturated carbocycles. The fraction of sp³-hybridized carbons (Fsp3) is 0.0588. The molecule has 0 unspecified atom stereocenters. The SMILES string of the molecule is O=C(O)c1sc(-c2cccc(F)c2)nc1OCc1ccccc1Cl. The highest BCUT2D eigenvalue weighted by atomic mass is 35.5. The number of aromatic nitrogens is 1. The van der Waals surface area contributed by atoms with Gasteiger partial charge in [-0.05, 0) is 18.2 Å². The van der Waals surface area contributed by atoms with Crippen molar-refractivity contribution in [1.29, 1.82) is 0 Å². The number of aromatic carboxylic acids is 1. The number of carbonyl (C=O) groups is 1. The normalized spacial score (nSPS) is 10.6. The molecule has 0 fully saturated rings. The number of carboxylic acids is 1. The second-order valence-electron chi connectivity index (χ2n) is 4.85. The minimum atomic E-state index is -1.15. The van der Waals surface area contributed by atoms with Crippen LogP contribution >= 0.6 is 22.9 Å². The third-order valence-electron chi connectivity index (χ3n) is 3.18.